The second kappa shape index (κ2) is 1.60. The molecule has 0 aromatic carbocycles. The van der Waals surface area contributed by atoms with Gasteiger partial charge >= 0.3 is 0 Å². The number of aliphatic hydroxyl groups is 1. The molecule has 0 bridgehead atoms. The lowest BCUT2D eigenvalue weighted by Gasteiger charge is -2.15. The van der Waals surface area contributed by atoms with Crippen LogP contribution >= 0.6 is 0 Å². The van der Waals surface area contributed by atoms with Crippen molar-refractivity contribution in [3.05, 3.63) is 0 Å². The van der Waals surface area contributed by atoms with E-state index in [0.29, 0.717) is 17.3 Å². The highest BCUT2D eigenvalue weighted by atomic mass is 16.6. The van der Waals surface area contributed by atoms with Crippen LogP contribution in [0.15, 0.2) is 0 Å². The summed E-state index contributed by atoms with van der Waals surface area (Å²) >= 11 is 0. The number of hydrogen-bond acceptors (Lipinski definition) is 2. The molecule has 3 fully saturated rings. The van der Waals surface area contributed by atoms with E-state index in [4.69, 9.17) is 4.74 Å². The molecule has 3 aliphatic rings. The summed E-state index contributed by atoms with van der Waals surface area (Å²) in [6.07, 6.45) is 1.12. The van der Waals surface area contributed by atoms with Crippen LogP contribution in [0.2, 0.25) is 0 Å². The van der Waals surface area contributed by atoms with Gasteiger partial charge in [0.2, 0.25) is 0 Å². The summed E-state index contributed by atoms with van der Waals surface area (Å²) in [4.78, 5) is 0. The zero-order valence-electron chi connectivity index (χ0n) is 7.87. The molecule has 3 rings (SSSR count). The van der Waals surface area contributed by atoms with E-state index in [9.17, 15) is 5.11 Å². The molecule has 2 saturated carbocycles. The molecule has 1 heterocycles. The SMILES string of the molecule is CC1(C)C2C[C@]3(C)O[C@@H]3[C@H](O)C21. The van der Waals surface area contributed by atoms with Crippen molar-refractivity contribution in [3.8, 4) is 0 Å². The minimum atomic E-state index is -0.191. The third-order valence-electron chi connectivity index (χ3n) is 4.38. The van der Waals surface area contributed by atoms with Crippen molar-refractivity contribution >= 4 is 0 Å². The fourth-order valence-corrected chi connectivity index (χ4v) is 3.33. The molecule has 1 aliphatic heterocycles. The Labute approximate surface area is 72.9 Å². The van der Waals surface area contributed by atoms with Gasteiger partial charge in [-0.1, -0.05) is 13.8 Å². The van der Waals surface area contributed by atoms with E-state index >= 15 is 0 Å². The van der Waals surface area contributed by atoms with Gasteiger partial charge in [0.25, 0.3) is 0 Å². The number of epoxide rings is 1. The van der Waals surface area contributed by atoms with Crippen molar-refractivity contribution in [2.45, 2.75) is 45.0 Å². The first-order chi connectivity index (χ1) is 5.47. The Hall–Kier alpha value is -0.0800. The Morgan fingerprint density at radius 3 is 2.67 bits per heavy atom. The van der Waals surface area contributed by atoms with E-state index in [-0.39, 0.29) is 17.8 Å². The molecular formula is C10H16O2. The Morgan fingerprint density at radius 2 is 2.00 bits per heavy atom. The molecule has 2 unspecified atom stereocenters. The van der Waals surface area contributed by atoms with Crippen LogP contribution in [0.1, 0.15) is 27.2 Å². The van der Waals surface area contributed by atoms with Gasteiger partial charge in [0.15, 0.2) is 0 Å². The Balaban J connectivity index is 1.90. The molecule has 68 valence electrons. The second-order valence-corrected chi connectivity index (χ2v) is 5.50. The summed E-state index contributed by atoms with van der Waals surface area (Å²) in [6, 6.07) is 0. The third-order valence-corrected chi connectivity index (χ3v) is 4.38. The molecule has 1 N–H and O–H groups in total. The van der Waals surface area contributed by atoms with Gasteiger partial charge in [0.05, 0.1) is 11.7 Å². The van der Waals surface area contributed by atoms with Crippen LogP contribution in [-0.4, -0.2) is 22.9 Å². The third kappa shape index (κ3) is 0.612. The van der Waals surface area contributed by atoms with Gasteiger partial charge in [-0.15, -0.1) is 0 Å². The minimum Gasteiger partial charge on any atom is -0.390 e. The second-order valence-electron chi connectivity index (χ2n) is 5.50. The molecule has 0 amide bonds. The topological polar surface area (TPSA) is 32.8 Å². The molecule has 0 aromatic heterocycles. The van der Waals surface area contributed by atoms with Crippen molar-refractivity contribution < 1.29 is 9.84 Å². The normalized spacial score (nSPS) is 65.0. The molecule has 0 spiro atoms. The average Bonchev–Trinajstić information content (AvgIpc) is 2.73. The molecular weight excluding hydrogens is 152 g/mol. The van der Waals surface area contributed by atoms with Crippen LogP contribution in [0, 0.1) is 17.3 Å². The van der Waals surface area contributed by atoms with E-state index in [0.717, 1.165) is 6.42 Å². The van der Waals surface area contributed by atoms with Crippen molar-refractivity contribution in [2.24, 2.45) is 17.3 Å². The Kier molecular flexibility index (Phi) is 0.978. The quantitative estimate of drug-likeness (QED) is 0.551. The lowest BCUT2D eigenvalue weighted by atomic mass is 9.89. The first-order valence-corrected chi connectivity index (χ1v) is 4.83. The lowest BCUT2D eigenvalue weighted by Crippen LogP contribution is -2.30. The number of fused-ring (bicyclic) bond motifs is 2. The van der Waals surface area contributed by atoms with Gasteiger partial charge in [-0.05, 0) is 30.6 Å². The summed E-state index contributed by atoms with van der Waals surface area (Å²) in [5.41, 5.74) is 0.410. The monoisotopic (exact) mass is 168 g/mol. The largest absolute Gasteiger partial charge is 0.390 e. The zero-order valence-corrected chi connectivity index (χ0v) is 7.87. The Morgan fingerprint density at radius 1 is 1.33 bits per heavy atom. The molecule has 0 aromatic rings. The van der Waals surface area contributed by atoms with E-state index in [1.165, 1.54) is 0 Å². The van der Waals surface area contributed by atoms with Crippen molar-refractivity contribution in [3.63, 3.8) is 0 Å². The molecule has 2 nitrogen and oxygen atoms in total. The van der Waals surface area contributed by atoms with Crippen LogP contribution in [0.25, 0.3) is 0 Å². The fourth-order valence-electron chi connectivity index (χ4n) is 3.33. The predicted octanol–water partition coefficient (Wildman–Crippen LogP) is 1.18. The maximum Gasteiger partial charge on any atom is 0.113 e. The van der Waals surface area contributed by atoms with Crippen LogP contribution in [0.4, 0.5) is 0 Å². The summed E-state index contributed by atoms with van der Waals surface area (Å²) < 4.78 is 5.52. The van der Waals surface area contributed by atoms with E-state index in [1.807, 2.05) is 0 Å². The molecule has 2 heteroatoms. The molecule has 12 heavy (non-hydrogen) atoms. The van der Waals surface area contributed by atoms with Gasteiger partial charge in [0, 0.05) is 0 Å². The highest BCUT2D eigenvalue weighted by Crippen LogP contribution is 2.70. The van der Waals surface area contributed by atoms with Crippen LogP contribution in [0.5, 0.6) is 0 Å². The Bertz CT molecular complexity index is 246. The maximum absolute atomic E-state index is 9.91. The van der Waals surface area contributed by atoms with Gasteiger partial charge in [0.1, 0.15) is 6.10 Å². The minimum absolute atomic E-state index is 0.0361. The van der Waals surface area contributed by atoms with Gasteiger partial charge < -0.3 is 9.84 Å². The summed E-state index contributed by atoms with van der Waals surface area (Å²) in [5, 5.41) is 9.91. The number of rotatable bonds is 0. The van der Waals surface area contributed by atoms with E-state index in [2.05, 4.69) is 20.8 Å². The van der Waals surface area contributed by atoms with Gasteiger partial charge in [-0.3, -0.25) is 0 Å². The van der Waals surface area contributed by atoms with Crippen LogP contribution in [0.3, 0.4) is 0 Å². The van der Waals surface area contributed by atoms with Gasteiger partial charge in [-0.2, -0.15) is 0 Å². The highest BCUT2D eigenvalue weighted by molar-refractivity contribution is 5.22. The molecule has 1 saturated heterocycles. The van der Waals surface area contributed by atoms with E-state index < -0.39 is 0 Å². The van der Waals surface area contributed by atoms with Crippen molar-refractivity contribution in [1.82, 2.24) is 0 Å². The highest BCUT2D eigenvalue weighted by Gasteiger charge is 2.75. The summed E-state index contributed by atoms with van der Waals surface area (Å²) in [5.74, 6) is 1.22. The zero-order chi connectivity index (χ0) is 8.72. The van der Waals surface area contributed by atoms with Crippen molar-refractivity contribution in [1.29, 1.82) is 0 Å². The van der Waals surface area contributed by atoms with E-state index in [1.54, 1.807) is 0 Å². The van der Waals surface area contributed by atoms with Crippen LogP contribution < -0.4 is 0 Å². The first-order valence-electron chi connectivity index (χ1n) is 4.83. The number of ether oxygens (including phenoxy) is 1. The van der Waals surface area contributed by atoms with Gasteiger partial charge in [-0.25, -0.2) is 0 Å². The fraction of sp³-hybridized carbons (Fsp3) is 1.00. The maximum atomic E-state index is 9.91. The molecule has 5 atom stereocenters. The lowest BCUT2D eigenvalue weighted by molar-refractivity contribution is 0.0986. The predicted molar refractivity (Wildman–Crippen MR) is 44.7 cm³/mol. The number of aliphatic hydroxyl groups excluding tert-OH is 1. The average molecular weight is 168 g/mol. The first kappa shape index (κ1) is 7.34. The van der Waals surface area contributed by atoms with Crippen molar-refractivity contribution in [2.75, 3.05) is 0 Å². The molecule has 2 aliphatic carbocycles. The number of hydrogen-bond donors (Lipinski definition) is 1. The summed E-state index contributed by atoms with van der Waals surface area (Å²) in [7, 11) is 0. The van der Waals surface area contributed by atoms with Crippen LogP contribution in [-0.2, 0) is 4.74 Å². The smallest absolute Gasteiger partial charge is 0.113 e. The molecule has 0 radical (unpaired) electrons. The standard InChI is InChI=1S/C10H16O2/c1-9(2)5-4-10(3)8(12-10)7(11)6(5)9/h5-8,11H,4H2,1-3H3/t5?,6?,7-,8-,10+/m1/s1. The summed E-state index contributed by atoms with van der Waals surface area (Å²) in [6.45, 7) is 6.66.